The number of pyridine rings is 1. The molecule has 3 rings (SSSR count). The summed E-state index contributed by atoms with van der Waals surface area (Å²) in [6.45, 7) is 0. The summed E-state index contributed by atoms with van der Waals surface area (Å²) in [6, 6.07) is 11.2. The van der Waals surface area contributed by atoms with E-state index in [4.69, 9.17) is 10.2 Å². The van der Waals surface area contributed by atoms with Crippen LogP contribution < -0.4 is 16.9 Å². The number of aromatic nitrogens is 1. The lowest BCUT2D eigenvalue weighted by molar-refractivity contribution is 0.561. The molecule has 110 valence electrons. The van der Waals surface area contributed by atoms with Crippen LogP contribution in [0.1, 0.15) is 11.1 Å². The maximum Gasteiger partial charge on any atom is 0.336 e. The Balaban J connectivity index is 2.41. The van der Waals surface area contributed by atoms with E-state index in [9.17, 15) is 20.1 Å². The number of nitrogen functional groups attached to an aromatic ring is 1. The predicted octanol–water partition coefficient (Wildman–Crippen LogP) is 1.47. The number of nitriles is 2. The van der Waals surface area contributed by atoms with Gasteiger partial charge in [-0.3, -0.25) is 4.79 Å². The molecular weight excluding hydrogens is 296 g/mol. The van der Waals surface area contributed by atoms with Gasteiger partial charge < -0.3 is 15.1 Å². The quantitative estimate of drug-likeness (QED) is 0.653. The number of fused-ring (bicyclic) bond motifs is 1. The van der Waals surface area contributed by atoms with Crippen LogP contribution in [0.4, 0.5) is 5.82 Å². The van der Waals surface area contributed by atoms with Crippen molar-refractivity contribution in [2.24, 2.45) is 0 Å². The number of hydrogen-bond donors (Lipinski definition) is 2. The van der Waals surface area contributed by atoms with Crippen LogP contribution in [0, 0.1) is 22.7 Å². The van der Waals surface area contributed by atoms with E-state index in [1.807, 2.05) is 6.07 Å². The molecule has 0 aliphatic carbocycles. The van der Waals surface area contributed by atoms with Gasteiger partial charge in [0.05, 0.1) is 0 Å². The molecule has 0 aliphatic heterocycles. The van der Waals surface area contributed by atoms with Gasteiger partial charge >= 0.3 is 5.63 Å². The van der Waals surface area contributed by atoms with E-state index < -0.39 is 11.2 Å². The number of nitrogens with one attached hydrogen (secondary N) is 1. The van der Waals surface area contributed by atoms with Gasteiger partial charge in [0.1, 0.15) is 34.7 Å². The van der Waals surface area contributed by atoms with Crippen LogP contribution in [0.25, 0.3) is 22.1 Å². The summed E-state index contributed by atoms with van der Waals surface area (Å²) in [4.78, 5) is 25.4. The monoisotopic (exact) mass is 304 g/mol. The molecule has 23 heavy (non-hydrogen) atoms. The van der Waals surface area contributed by atoms with Gasteiger partial charge in [0.2, 0.25) is 0 Å². The zero-order valence-electron chi connectivity index (χ0n) is 11.6. The van der Waals surface area contributed by atoms with Crippen molar-refractivity contribution in [3.05, 3.63) is 62.2 Å². The van der Waals surface area contributed by atoms with Gasteiger partial charge in [-0.05, 0) is 23.8 Å². The fourth-order valence-electron chi connectivity index (χ4n) is 2.36. The molecule has 0 spiro atoms. The first-order valence-electron chi connectivity index (χ1n) is 6.45. The average molecular weight is 304 g/mol. The molecule has 0 saturated carbocycles. The Hall–Kier alpha value is -3.84. The highest BCUT2D eigenvalue weighted by atomic mass is 16.4. The SMILES string of the molecule is N#Cc1c(N)[nH]c(=O)c(C#N)c1-c1ccc2oc(=O)ccc2c1. The first-order valence-corrected chi connectivity index (χ1v) is 6.45. The van der Waals surface area contributed by atoms with Crippen molar-refractivity contribution in [3.63, 3.8) is 0 Å². The number of rotatable bonds is 1. The number of nitrogens with zero attached hydrogens (tertiary/aromatic N) is 2. The fraction of sp³-hybridized carbons (Fsp3) is 0. The highest BCUT2D eigenvalue weighted by molar-refractivity contribution is 5.87. The van der Waals surface area contributed by atoms with Gasteiger partial charge in [-0.2, -0.15) is 10.5 Å². The van der Waals surface area contributed by atoms with Crippen molar-refractivity contribution < 1.29 is 4.42 Å². The lowest BCUT2D eigenvalue weighted by Crippen LogP contribution is -2.16. The van der Waals surface area contributed by atoms with Crippen LogP contribution in [0.5, 0.6) is 0 Å². The first-order chi connectivity index (χ1) is 11.0. The van der Waals surface area contributed by atoms with Crippen molar-refractivity contribution in [1.82, 2.24) is 4.98 Å². The number of nitrogens with two attached hydrogens (primary N) is 1. The van der Waals surface area contributed by atoms with E-state index in [0.717, 1.165) is 0 Å². The van der Waals surface area contributed by atoms with Gasteiger partial charge in [-0.15, -0.1) is 0 Å². The second-order valence-electron chi connectivity index (χ2n) is 4.72. The molecule has 0 aliphatic rings. The van der Waals surface area contributed by atoms with Crippen molar-refractivity contribution in [2.75, 3.05) is 5.73 Å². The van der Waals surface area contributed by atoms with E-state index in [0.29, 0.717) is 16.5 Å². The Morgan fingerprint density at radius 3 is 2.48 bits per heavy atom. The van der Waals surface area contributed by atoms with Crippen LogP contribution in [-0.2, 0) is 0 Å². The highest BCUT2D eigenvalue weighted by Crippen LogP contribution is 2.30. The molecule has 0 radical (unpaired) electrons. The summed E-state index contributed by atoms with van der Waals surface area (Å²) >= 11 is 0. The summed E-state index contributed by atoms with van der Waals surface area (Å²) in [6.07, 6.45) is 0. The van der Waals surface area contributed by atoms with Crippen LogP contribution in [0.15, 0.2) is 44.3 Å². The summed E-state index contributed by atoms with van der Waals surface area (Å²) in [5, 5.41) is 19.1. The van der Waals surface area contributed by atoms with Crippen molar-refractivity contribution >= 4 is 16.8 Å². The Bertz CT molecular complexity index is 1140. The van der Waals surface area contributed by atoms with Gasteiger partial charge in [0.15, 0.2) is 0 Å². The fourth-order valence-corrected chi connectivity index (χ4v) is 2.36. The van der Waals surface area contributed by atoms with Crippen LogP contribution in [0.2, 0.25) is 0 Å². The minimum Gasteiger partial charge on any atom is -0.423 e. The number of hydrogen-bond acceptors (Lipinski definition) is 6. The van der Waals surface area contributed by atoms with Gasteiger partial charge in [-0.25, -0.2) is 4.79 Å². The third kappa shape index (κ3) is 2.23. The second-order valence-corrected chi connectivity index (χ2v) is 4.72. The molecule has 0 amide bonds. The minimum absolute atomic E-state index is 0.0119. The summed E-state index contributed by atoms with van der Waals surface area (Å²) < 4.78 is 5.03. The normalized spacial score (nSPS) is 10.2. The molecule has 2 heterocycles. The Morgan fingerprint density at radius 1 is 1.04 bits per heavy atom. The third-order valence-corrected chi connectivity index (χ3v) is 3.38. The number of anilines is 1. The molecule has 7 heteroatoms. The average Bonchev–Trinajstić information content (AvgIpc) is 2.53. The van der Waals surface area contributed by atoms with E-state index in [2.05, 4.69) is 4.98 Å². The standard InChI is InChI=1S/C16H8N4O3/c17-6-10-14(11(7-18)16(22)20-15(10)19)9-1-3-12-8(5-9)2-4-13(21)23-12/h1-5H,(H3,19,20,22). The lowest BCUT2D eigenvalue weighted by Gasteiger charge is -2.09. The van der Waals surface area contributed by atoms with Crippen LogP contribution in [0.3, 0.4) is 0 Å². The molecule has 0 fully saturated rings. The summed E-state index contributed by atoms with van der Waals surface area (Å²) in [7, 11) is 0. The van der Waals surface area contributed by atoms with Crippen molar-refractivity contribution in [3.8, 4) is 23.3 Å². The van der Waals surface area contributed by atoms with Crippen molar-refractivity contribution in [1.29, 1.82) is 10.5 Å². The molecule has 3 aromatic rings. The number of aromatic amines is 1. The molecule has 7 nitrogen and oxygen atoms in total. The number of H-pyrrole nitrogens is 1. The second kappa shape index (κ2) is 5.17. The zero-order chi connectivity index (χ0) is 16.6. The van der Waals surface area contributed by atoms with Gasteiger partial charge in [-0.1, -0.05) is 6.07 Å². The maximum absolute atomic E-state index is 11.9. The van der Waals surface area contributed by atoms with E-state index in [1.54, 1.807) is 24.3 Å². The molecule has 0 atom stereocenters. The topological polar surface area (TPSA) is 137 Å². The summed E-state index contributed by atoms with van der Waals surface area (Å²) in [5.74, 6) is -0.105. The largest absolute Gasteiger partial charge is 0.423 e. The Labute approximate surface area is 128 Å². The molecule has 0 unspecified atom stereocenters. The zero-order valence-corrected chi connectivity index (χ0v) is 11.6. The third-order valence-electron chi connectivity index (χ3n) is 3.38. The lowest BCUT2D eigenvalue weighted by atomic mass is 9.96. The predicted molar refractivity (Wildman–Crippen MR) is 82.4 cm³/mol. The smallest absolute Gasteiger partial charge is 0.336 e. The maximum atomic E-state index is 11.9. The Kier molecular flexibility index (Phi) is 3.17. The molecule has 1 aromatic carbocycles. The summed E-state index contributed by atoms with van der Waals surface area (Å²) in [5.41, 5.74) is 5.31. The molecule has 3 N–H and O–H groups in total. The molecule has 0 saturated heterocycles. The first kappa shape index (κ1) is 14.1. The van der Waals surface area contributed by atoms with E-state index in [1.165, 1.54) is 12.1 Å². The Morgan fingerprint density at radius 2 is 1.78 bits per heavy atom. The number of benzene rings is 1. The van der Waals surface area contributed by atoms with Gasteiger partial charge in [0, 0.05) is 17.0 Å². The van der Waals surface area contributed by atoms with Crippen molar-refractivity contribution in [2.45, 2.75) is 0 Å². The molecule has 0 bridgehead atoms. The van der Waals surface area contributed by atoms with Crippen LogP contribution in [-0.4, -0.2) is 4.98 Å². The van der Waals surface area contributed by atoms with E-state index in [-0.39, 0.29) is 22.5 Å². The van der Waals surface area contributed by atoms with Crippen LogP contribution >= 0.6 is 0 Å². The minimum atomic E-state index is -0.668. The highest BCUT2D eigenvalue weighted by Gasteiger charge is 2.18. The van der Waals surface area contributed by atoms with E-state index >= 15 is 0 Å². The molecular formula is C16H8N4O3. The molecule has 2 aromatic heterocycles. The van der Waals surface area contributed by atoms with Gasteiger partial charge in [0.25, 0.3) is 5.56 Å².